The van der Waals surface area contributed by atoms with E-state index in [1.54, 1.807) is 4.90 Å². The van der Waals surface area contributed by atoms with E-state index in [0.29, 0.717) is 13.1 Å². The van der Waals surface area contributed by atoms with E-state index in [1.807, 2.05) is 0 Å². The summed E-state index contributed by atoms with van der Waals surface area (Å²) in [4.78, 5) is 5.76. The molecule has 1 unspecified atom stereocenters. The number of fused-ring (bicyclic) bond motifs is 1. The van der Waals surface area contributed by atoms with Crippen molar-refractivity contribution in [3.05, 3.63) is 35.5 Å². The average molecular weight is 337 g/mol. The van der Waals surface area contributed by atoms with Gasteiger partial charge in [-0.25, -0.2) is 4.98 Å². The van der Waals surface area contributed by atoms with Gasteiger partial charge in [0.25, 0.3) is 0 Å². The molecule has 2 aromatic heterocycles. The van der Waals surface area contributed by atoms with Gasteiger partial charge in [-0.15, -0.1) is 10.2 Å². The summed E-state index contributed by atoms with van der Waals surface area (Å²) < 4.78 is 41.9. The van der Waals surface area contributed by atoms with Crippen molar-refractivity contribution in [2.45, 2.75) is 44.3 Å². The lowest BCUT2D eigenvalue weighted by molar-refractivity contribution is -0.137. The van der Waals surface area contributed by atoms with Crippen LogP contribution in [0.5, 0.6) is 0 Å². The Bertz CT molecular complexity index is 740. The Balaban J connectivity index is 1.62. The van der Waals surface area contributed by atoms with Gasteiger partial charge in [0.1, 0.15) is 17.5 Å². The van der Waals surface area contributed by atoms with Crippen molar-refractivity contribution < 1.29 is 13.2 Å². The Morgan fingerprint density at radius 2 is 2.00 bits per heavy atom. The second-order valence-electron chi connectivity index (χ2n) is 6.39. The Labute approximate surface area is 137 Å². The quantitative estimate of drug-likeness (QED) is 0.845. The van der Waals surface area contributed by atoms with Gasteiger partial charge in [0.2, 0.25) is 0 Å². The maximum atomic E-state index is 13.3. The number of halogens is 3. The smallest absolute Gasteiger partial charge is 0.355 e. The summed E-state index contributed by atoms with van der Waals surface area (Å²) in [7, 11) is 0. The van der Waals surface area contributed by atoms with Crippen molar-refractivity contribution in [2.24, 2.45) is 0 Å². The fourth-order valence-corrected chi connectivity index (χ4v) is 3.73. The molecule has 5 nitrogen and oxygen atoms in total. The number of hydrogen-bond donors (Lipinski definition) is 0. The number of piperidine rings is 1. The van der Waals surface area contributed by atoms with Crippen LogP contribution in [-0.2, 0) is 19.1 Å². The molecule has 0 amide bonds. The van der Waals surface area contributed by atoms with Gasteiger partial charge in [0, 0.05) is 38.2 Å². The minimum atomic E-state index is -4.40. The number of hydrogen-bond acceptors (Lipinski definition) is 4. The van der Waals surface area contributed by atoms with Crippen molar-refractivity contribution in [1.29, 1.82) is 0 Å². The molecule has 0 aliphatic carbocycles. The molecule has 0 N–H and O–H groups in total. The summed E-state index contributed by atoms with van der Waals surface area (Å²) in [6, 6.07) is 2.43. The van der Waals surface area contributed by atoms with E-state index in [1.165, 1.54) is 12.3 Å². The minimum Gasteiger partial charge on any atom is -0.355 e. The van der Waals surface area contributed by atoms with Gasteiger partial charge in [0.15, 0.2) is 0 Å². The van der Waals surface area contributed by atoms with Crippen LogP contribution in [0.25, 0.3) is 0 Å². The third-order valence-electron chi connectivity index (χ3n) is 4.82. The maximum absolute atomic E-state index is 13.3. The van der Waals surface area contributed by atoms with Gasteiger partial charge in [-0.3, -0.25) is 0 Å². The molecule has 0 saturated carbocycles. The van der Waals surface area contributed by atoms with Crippen molar-refractivity contribution in [1.82, 2.24) is 19.7 Å². The van der Waals surface area contributed by atoms with Crippen molar-refractivity contribution >= 4 is 5.82 Å². The van der Waals surface area contributed by atoms with E-state index in [9.17, 15) is 13.2 Å². The molecule has 2 aliphatic heterocycles. The molecule has 0 bridgehead atoms. The van der Waals surface area contributed by atoms with Gasteiger partial charge in [-0.1, -0.05) is 0 Å². The van der Waals surface area contributed by atoms with Crippen LogP contribution in [0.3, 0.4) is 0 Å². The second kappa shape index (κ2) is 5.75. The summed E-state index contributed by atoms with van der Waals surface area (Å²) in [5, 5.41) is 8.53. The number of aromatic nitrogens is 4. The zero-order valence-electron chi connectivity index (χ0n) is 13.1. The number of alkyl halides is 3. The molecule has 0 spiro atoms. The number of pyridine rings is 1. The van der Waals surface area contributed by atoms with Gasteiger partial charge >= 0.3 is 6.18 Å². The summed E-state index contributed by atoms with van der Waals surface area (Å²) in [5.74, 6) is 2.03. The number of aryl methyl sites for hydroxylation is 1. The predicted octanol–water partition coefficient (Wildman–Crippen LogP) is 3.02. The molecular weight excluding hydrogens is 319 g/mol. The highest BCUT2D eigenvalue weighted by atomic mass is 19.4. The van der Waals surface area contributed by atoms with E-state index < -0.39 is 11.7 Å². The largest absolute Gasteiger partial charge is 0.419 e. The van der Waals surface area contributed by atoms with Crippen molar-refractivity contribution in [2.75, 3.05) is 18.0 Å². The molecule has 8 heteroatoms. The Hall–Kier alpha value is -2.12. The topological polar surface area (TPSA) is 46.8 Å². The molecule has 0 radical (unpaired) electrons. The van der Waals surface area contributed by atoms with Crippen LogP contribution in [0.15, 0.2) is 18.3 Å². The predicted molar refractivity (Wildman–Crippen MR) is 81.8 cm³/mol. The zero-order valence-corrected chi connectivity index (χ0v) is 13.1. The highest BCUT2D eigenvalue weighted by molar-refractivity contribution is 5.49. The number of rotatable bonds is 2. The highest BCUT2D eigenvalue weighted by Gasteiger charge is 2.37. The fraction of sp³-hybridized carbons (Fsp3) is 0.562. The Kier molecular flexibility index (Phi) is 3.69. The standard InChI is InChI=1S/C16H18F3N5/c17-16(18,19)12-5-1-7-20-15(12)23-8-2-4-11(10-23)14-22-21-13-6-3-9-24(13)14/h1,5,7,11H,2-4,6,8-10H2. The lowest BCUT2D eigenvalue weighted by Gasteiger charge is -2.34. The first kappa shape index (κ1) is 15.4. The fourth-order valence-electron chi connectivity index (χ4n) is 3.73. The molecule has 1 atom stereocenters. The molecular formula is C16H18F3N5. The van der Waals surface area contributed by atoms with Crippen molar-refractivity contribution in [3.63, 3.8) is 0 Å². The minimum absolute atomic E-state index is 0.0239. The number of nitrogens with zero attached hydrogens (tertiary/aromatic N) is 5. The van der Waals surface area contributed by atoms with Crippen LogP contribution in [0.2, 0.25) is 0 Å². The molecule has 128 valence electrons. The molecule has 1 saturated heterocycles. The number of anilines is 1. The molecule has 4 heterocycles. The molecule has 2 aromatic rings. The van der Waals surface area contributed by atoms with Gasteiger partial charge < -0.3 is 9.47 Å². The van der Waals surface area contributed by atoms with Crippen molar-refractivity contribution in [3.8, 4) is 0 Å². The van der Waals surface area contributed by atoms with E-state index in [-0.39, 0.29) is 11.7 Å². The van der Waals surface area contributed by atoms with Crippen LogP contribution in [-0.4, -0.2) is 32.8 Å². The first-order chi connectivity index (χ1) is 11.5. The summed E-state index contributed by atoms with van der Waals surface area (Å²) in [5.41, 5.74) is -0.669. The molecule has 4 rings (SSSR count). The Morgan fingerprint density at radius 3 is 2.83 bits per heavy atom. The first-order valence-electron chi connectivity index (χ1n) is 8.23. The van der Waals surface area contributed by atoms with Gasteiger partial charge in [0.05, 0.1) is 5.56 Å². The lowest BCUT2D eigenvalue weighted by Crippen LogP contribution is -2.37. The Morgan fingerprint density at radius 1 is 1.12 bits per heavy atom. The summed E-state index contributed by atoms with van der Waals surface area (Å²) >= 11 is 0. The van der Waals surface area contributed by atoms with E-state index in [2.05, 4.69) is 19.7 Å². The van der Waals surface area contributed by atoms with E-state index >= 15 is 0 Å². The van der Waals surface area contributed by atoms with Gasteiger partial charge in [-0.05, 0) is 31.4 Å². The third kappa shape index (κ3) is 2.63. The molecule has 24 heavy (non-hydrogen) atoms. The zero-order chi connectivity index (χ0) is 16.7. The van der Waals surface area contributed by atoms with E-state index in [0.717, 1.165) is 49.9 Å². The van der Waals surface area contributed by atoms with Crippen LogP contribution in [0, 0.1) is 0 Å². The third-order valence-corrected chi connectivity index (χ3v) is 4.82. The maximum Gasteiger partial charge on any atom is 0.419 e. The van der Waals surface area contributed by atoms with Crippen LogP contribution < -0.4 is 4.90 Å². The van der Waals surface area contributed by atoms with Crippen LogP contribution in [0.4, 0.5) is 19.0 Å². The monoisotopic (exact) mass is 337 g/mol. The average Bonchev–Trinajstić information content (AvgIpc) is 3.17. The molecule has 1 fully saturated rings. The SMILES string of the molecule is FC(F)(F)c1cccnc1N1CCCC(c2nnc3n2CCC3)C1. The first-order valence-corrected chi connectivity index (χ1v) is 8.23. The second-order valence-corrected chi connectivity index (χ2v) is 6.39. The summed E-state index contributed by atoms with van der Waals surface area (Å²) in [6.07, 6.45) is 0.758. The van der Waals surface area contributed by atoms with E-state index in [4.69, 9.17) is 0 Å². The van der Waals surface area contributed by atoms with Gasteiger partial charge in [-0.2, -0.15) is 13.2 Å². The highest BCUT2D eigenvalue weighted by Crippen LogP contribution is 2.37. The normalized spacial score (nSPS) is 21.1. The molecule has 0 aromatic carbocycles. The van der Waals surface area contributed by atoms with Crippen LogP contribution >= 0.6 is 0 Å². The molecule has 2 aliphatic rings. The van der Waals surface area contributed by atoms with Crippen LogP contribution in [0.1, 0.15) is 42.4 Å². The summed E-state index contributed by atoms with van der Waals surface area (Å²) in [6.45, 7) is 1.99. The lowest BCUT2D eigenvalue weighted by atomic mass is 9.96.